The van der Waals surface area contributed by atoms with Gasteiger partial charge in [0.25, 0.3) is 0 Å². The molecule has 1 N–H and O–H groups in total. The second kappa shape index (κ2) is 2.99. The lowest BCUT2D eigenvalue weighted by atomic mass is 10.00. The van der Waals surface area contributed by atoms with Crippen molar-refractivity contribution in [3.8, 4) is 0 Å². The normalized spacial score (nSPS) is 30.4. The Morgan fingerprint density at radius 3 is 2.71 bits per heavy atom. The van der Waals surface area contributed by atoms with E-state index in [2.05, 4.69) is 9.97 Å². The van der Waals surface area contributed by atoms with Crippen LogP contribution in [-0.4, -0.2) is 35.0 Å². The smallest absolute Gasteiger partial charge is 0.153 e. The molecule has 1 atom stereocenters. The Bertz CT molecular complexity index is 431. The van der Waals surface area contributed by atoms with Crippen molar-refractivity contribution in [2.45, 2.75) is 12.0 Å². The van der Waals surface area contributed by atoms with E-state index in [1.807, 2.05) is 0 Å². The summed E-state index contributed by atoms with van der Waals surface area (Å²) in [5.74, 6) is -0.237. The number of hydrogen-bond acceptors (Lipinski definition) is 5. The summed E-state index contributed by atoms with van der Waals surface area (Å²) >= 11 is 0. The quantitative estimate of drug-likeness (QED) is 0.680. The van der Waals surface area contributed by atoms with E-state index < -0.39 is 15.4 Å². The van der Waals surface area contributed by atoms with Crippen LogP contribution in [-0.2, 0) is 15.4 Å². The maximum absolute atomic E-state index is 11.2. The summed E-state index contributed by atoms with van der Waals surface area (Å²) in [6, 6.07) is 0. The van der Waals surface area contributed by atoms with Crippen LogP contribution in [0.5, 0.6) is 0 Å². The van der Waals surface area contributed by atoms with Crippen molar-refractivity contribution in [2.24, 2.45) is 0 Å². The number of aliphatic hydroxyl groups is 1. The van der Waals surface area contributed by atoms with E-state index in [1.54, 1.807) is 0 Å². The summed E-state index contributed by atoms with van der Waals surface area (Å²) < 4.78 is 22.4. The molecule has 14 heavy (non-hydrogen) atoms. The van der Waals surface area contributed by atoms with Gasteiger partial charge in [0.05, 0.1) is 23.4 Å². The zero-order valence-electron chi connectivity index (χ0n) is 7.42. The van der Waals surface area contributed by atoms with Crippen LogP contribution in [0.4, 0.5) is 0 Å². The molecule has 5 nitrogen and oxygen atoms in total. The summed E-state index contributed by atoms with van der Waals surface area (Å²) in [6.07, 6.45) is 4.53. The zero-order valence-corrected chi connectivity index (χ0v) is 8.24. The molecule has 0 aliphatic carbocycles. The lowest BCUT2D eigenvalue weighted by molar-refractivity contribution is 0.0602. The second-order valence-electron chi connectivity index (χ2n) is 3.46. The molecule has 76 valence electrons. The molecule has 2 heterocycles. The number of aromatic nitrogens is 2. The lowest BCUT2D eigenvalue weighted by Gasteiger charge is -2.18. The van der Waals surface area contributed by atoms with Gasteiger partial charge in [-0.05, 0) is 6.42 Å². The molecule has 0 saturated carbocycles. The van der Waals surface area contributed by atoms with Crippen molar-refractivity contribution in [3.63, 3.8) is 0 Å². The first-order chi connectivity index (χ1) is 6.52. The first-order valence-corrected chi connectivity index (χ1v) is 6.03. The van der Waals surface area contributed by atoms with Gasteiger partial charge in [-0.3, -0.25) is 9.97 Å². The van der Waals surface area contributed by atoms with Gasteiger partial charge in [-0.15, -0.1) is 0 Å². The third kappa shape index (κ3) is 1.62. The van der Waals surface area contributed by atoms with Gasteiger partial charge in [0.15, 0.2) is 9.84 Å². The summed E-state index contributed by atoms with van der Waals surface area (Å²) in [4.78, 5) is 7.73. The lowest BCUT2D eigenvalue weighted by Crippen LogP contribution is -2.28. The fraction of sp³-hybridized carbons (Fsp3) is 0.500. The highest BCUT2D eigenvalue weighted by Crippen LogP contribution is 2.31. The average molecular weight is 214 g/mol. The van der Waals surface area contributed by atoms with Crippen LogP contribution in [0.1, 0.15) is 12.1 Å². The van der Waals surface area contributed by atoms with E-state index in [4.69, 9.17) is 0 Å². The first kappa shape index (κ1) is 9.54. The molecule has 0 bridgehead atoms. The Labute approximate surface area is 81.7 Å². The second-order valence-corrected chi connectivity index (χ2v) is 5.65. The molecule has 1 aromatic rings. The molecule has 6 heteroatoms. The molecule has 0 radical (unpaired) electrons. The molecule has 1 unspecified atom stereocenters. The summed E-state index contributed by atoms with van der Waals surface area (Å²) in [5, 5.41) is 10.0. The molecule has 0 amide bonds. The molecular weight excluding hydrogens is 204 g/mol. The highest BCUT2D eigenvalue weighted by atomic mass is 32.2. The van der Waals surface area contributed by atoms with Crippen molar-refractivity contribution in [1.82, 2.24) is 9.97 Å². The highest BCUT2D eigenvalue weighted by Gasteiger charge is 2.43. The molecule has 1 aliphatic heterocycles. The van der Waals surface area contributed by atoms with E-state index in [1.165, 1.54) is 18.6 Å². The number of sulfone groups is 1. The molecule has 0 aromatic carbocycles. The van der Waals surface area contributed by atoms with Gasteiger partial charge in [0, 0.05) is 12.4 Å². The average Bonchev–Trinajstić information content (AvgIpc) is 2.44. The van der Waals surface area contributed by atoms with Crippen molar-refractivity contribution >= 4 is 9.84 Å². The monoisotopic (exact) mass is 214 g/mol. The van der Waals surface area contributed by atoms with Crippen LogP contribution in [0.15, 0.2) is 18.6 Å². The molecule has 1 fully saturated rings. The van der Waals surface area contributed by atoms with E-state index >= 15 is 0 Å². The van der Waals surface area contributed by atoms with E-state index in [9.17, 15) is 13.5 Å². The van der Waals surface area contributed by atoms with Crippen molar-refractivity contribution in [3.05, 3.63) is 24.3 Å². The van der Waals surface area contributed by atoms with Crippen molar-refractivity contribution < 1.29 is 13.5 Å². The number of rotatable bonds is 1. The minimum atomic E-state index is -3.12. The van der Waals surface area contributed by atoms with E-state index in [0.717, 1.165) is 0 Å². The van der Waals surface area contributed by atoms with Crippen LogP contribution in [0.25, 0.3) is 0 Å². The fourth-order valence-electron chi connectivity index (χ4n) is 1.57. The molecular formula is C8H10N2O3S. The van der Waals surface area contributed by atoms with Gasteiger partial charge in [-0.2, -0.15) is 0 Å². The minimum absolute atomic E-state index is 0.0140. The molecule has 1 aliphatic rings. The highest BCUT2D eigenvalue weighted by molar-refractivity contribution is 7.91. The third-order valence-electron chi connectivity index (χ3n) is 2.33. The Kier molecular flexibility index (Phi) is 2.04. The maximum Gasteiger partial charge on any atom is 0.153 e. The summed E-state index contributed by atoms with van der Waals surface area (Å²) in [6.45, 7) is 0. The maximum atomic E-state index is 11.2. The first-order valence-electron chi connectivity index (χ1n) is 4.21. The number of hydrogen-bond donors (Lipinski definition) is 1. The molecule has 0 spiro atoms. The van der Waals surface area contributed by atoms with Gasteiger partial charge >= 0.3 is 0 Å². The van der Waals surface area contributed by atoms with Gasteiger partial charge < -0.3 is 5.11 Å². The minimum Gasteiger partial charge on any atom is -0.382 e. The fourth-order valence-corrected chi connectivity index (χ4v) is 3.39. The largest absolute Gasteiger partial charge is 0.382 e. The molecule has 1 aromatic heterocycles. The van der Waals surface area contributed by atoms with Crippen LogP contribution in [0.3, 0.4) is 0 Å². The Hall–Kier alpha value is -1.01. The van der Waals surface area contributed by atoms with Crippen LogP contribution >= 0.6 is 0 Å². The van der Waals surface area contributed by atoms with E-state index in [-0.39, 0.29) is 17.9 Å². The summed E-state index contributed by atoms with van der Waals surface area (Å²) in [7, 11) is -3.12. The standard InChI is InChI=1S/C8H10N2O3S/c11-8(1-4-14(12,13)6-8)7-5-9-2-3-10-7/h2-3,5,11H,1,4,6H2. The van der Waals surface area contributed by atoms with Crippen molar-refractivity contribution in [1.29, 1.82) is 0 Å². The predicted molar refractivity (Wildman–Crippen MR) is 49.2 cm³/mol. The molecule has 1 saturated heterocycles. The van der Waals surface area contributed by atoms with E-state index in [0.29, 0.717) is 5.69 Å². The van der Waals surface area contributed by atoms with Gasteiger partial charge in [-0.25, -0.2) is 8.42 Å². The Balaban J connectivity index is 2.37. The van der Waals surface area contributed by atoms with Crippen LogP contribution in [0, 0.1) is 0 Å². The summed E-state index contributed by atoms with van der Waals surface area (Å²) in [5.41, 5.74) is -1.01. The van der Waals surface area contributed by atoms with Crippen LogP contribution < -0.4 is 0 Å². The van der Waals surface area contributed by atoms with Gasteiger partial charge in [0.1, 0.15) is 5.60 Å². The van der Waals surface area contributed by atoms with Gasteiger partial charge in [-0.1, -0.05) is 0 Å². The third-order valence-corrected chi connectivity index (χ3v) is 4.07. The Morgan fingerprint density at radius 2 is 2.21 bits per heavy atom. The van der Waals surface area contributed by atoms with Crippen molar-refractivity contribution in [2.75, 3.05) is 11.5 Å². The SMILES string of the molecule is O=S1(=O)CCC(O)(c2cnccn2)C1. The van der Waals surface area contributed by atoms with Gasteiger partial charge in [0.2, 0.25) is 0 Å². The molecule has 2 rings (SSSR count). The van der Waals surface area contributed by atoms with Crippen LogP contribution in [0.2, 0.25) is 0 Å². The predicted octanol–water partition coefficient (Wildman–Crippen LogP) is -0.517. The topological polar surface area (TPSA) is 80.2 Å². The number of nitrogens with zero attached hydrogens (tertiary/aromatic N) is 2. The zero-order chi connectivity index (χ0) is 10.2. The Morgan fingerprint density at radius 1 is 1.43 bits per heavy atom.